The summed E-state index contributed by atoms with van der Waals surface area (Å²) in [6, 6.07) is 4.51. The number of carbonyl (C=O) groups excluding carboxylic acids is 1. The molecule has 0 fully saturated rings. The molecule has 1 unspecified atom stereocenters. The van der Waals surface area contributed by atoms with Gasteiger partial charge in [-0.15, -0.1) is 0 Å². The highest BCUT2D eigenvalue weighted by molar-refractivity contribution is 5.73. The quantitative estimate of drug-likeness (QED) is 0.877. The number of aliphatic hydroxyl groups excluding tert-OH is 1. The van der Waals surface area contributed by atoms with Crippen LogP contribution in [0.3, 0.4) is 0 Å². The third kappa shape index (κ3) is 6.03. The predicted molar refractivity (Wildman–Crippen MR) is 72.9 cm³/mol. The van der Waals surface area contributed by atoms with Crippen molar-refractivity contribution in [1.82, 2.24) is 10.2 Å². The molecule has 1 aromatic carbocycles. The van der Waals surface area contributed by atoms with E-state index in [-0.39, 0.29) is 12.6 Å². The first kappa shape index (κ1) is 17.3. The summed E-state index contributed by atoms with van der Waals surface area (Å²) in [5.74, 6) is 0. The summed E-state index contributed by atoms with van der Waals surface area (Å²) >= 11 is 0. The number of halogens is 3. The van der Waals surface area contributed by atoms with E-state index in [9.17, 15) is 18.0 Å². The third-order valence-corrected chi connectivity index (χ3v) is 2.86. The topological polar surface area (TPSA) is 52.6 Å². The van der Waals surface area contributed by atoms with Gasteiger partial charge in [0.05, 0.1) is 11.7 Å². The normalized spacial score (nSPS) is 12.9. The molecule has 0 spiro atoms. The summed E-state index contributed by atoms with van der Waals surface area (Å²) in [5, 5.41) is 11.8. The van der Waals surface area contributed by atoms with Crippen molar-refractivity contribution >= 4 is 6.03 Å². The molecular formula is C14H19F3N2O2. The van der Waals surface area contributed by atoms with Gasteiger partial charge < -0.3 is 15.3 Å². The molecule has 2 amide bonds. The zero-order valence-corrected chi connectivity index (χ0v) is 11.9. The molecule has 0 saturated carbocycles. The first-order valence-corrected chi connectivity index (χ1v) is 6.53. The molecule has 21 heavy (non-hydrogen) atoms. The molecule has 1 aromatic rings. The molecule has 4 nitrogen and oxygen atoms in total. The van der Waals surface area contributed by atoms with Gasteiger partial charge in [0.25, 0.3) is 0 Å². The van der Waals surface area contributed by atoms with Crippen molar-refractivity contribution in [3.8, 4) is 0 Å². The molecule has 0 aromatic heterocycles. The van der Waals surface area contributed by atoms with Crippen LogP contribution in [0.15, 0.2) is 24.3 Å². The molecule has 0 saturated heterocycles. The van der Waals surface area contributed by atoms with Crippen LogP contribution in [-0.4, -0.2) is 42.3 Å². The van der Waals surface area contributed by atoms with E-state index >= 15 is 0 Å². The Bertz CT molecular complexity index is 458. The lowest BCUT2D eigenvalue weighted by molar-refractivity contribution is -0.137. The molecule has 1 rings (SSSR count). The van der Waals surface area contributed by atoms with Crippen LogP contribution in [0, 0.1) is 0 Å². The lowest BCUT2D eigenvalue weighted by Crippen LogP contribution is -2.41. The average molecular weight is 304 g/mol. The zero-order valence-electron chi connectivity index (χ0n) is 11.9. The number of alkyl halides is 3. The van der Waals surface area contributed by atoms with Gasteiger partial charge in [0.2, 0.25) is 0 Å². The highest BCUT2D eigenvalue weighted by Crippen LogP contribution is 2.29. The van der Waals surface area contributed by atoms with E-state index in [0.29, 0.717) is 18.5 Å². The molecule has 0 radical (unpaired) electrons. The molecule has 0 aliphatic rings. The Kier molecular flexibility index (Phi) is 6.02. The standard InChI is InChI=1S/C14H19F3N2O2/c1-10(20)9-19(2)13(21)18-8-7-11-3-5-12(6-4-11)14(15,16)17/h3-6,10,20H,7-9H2,1-2H3,(H,18,21). The second-order valence-electron chi connectivity index (χ2n) is 4.91. The van der Waals surface area contributed by atoms with Crippen molar-refractivity contribution in [3.63, 3.8) is 0 Å². The molecule has 0 heterocycles. The van der Waals surface area contributed by atoms with Crippen molar-refractivity contribution in [2.24, 2.45) is 0 Å². The van der Waals surface area contributed by atoms with Crippen LogP contribution in [-0.2, 0) is 12.6 Å². The Hall–Kier alpha value is -1.76. The number of benzene rings is 1. The fraction of sp³-hybridized carbons (Fsp3) is 0.500. The first-order valence-electron chi connectivity index (χ1n) is 6.53. The van der Waals surface area contributed by atoms with E-state index in [0.717, 1.165) is 12.1 Å². The number of hydrogen-bond donors (Lipinski definition) is 2. The molecular weight excluding hydrogens is 285 g/mol. The highest BCUT2D eigenvalue weighted by atomic mass is 19.4. The van der Waals surface area contributed by atoms with Crippen molar-refractivity contribution in [2.45, 2.75) is 25.6 Å². The van der Waals surface area contributed by atoms with Crippen LogP contribution in [0.2, 0.25) is 0 Å². The van der Waals surface area contributed by atoms with E-state index in [1.165, 1.54) is 17.0 Å². The molecule has 7 heteroatoms. The molecule has 1 atom stereocenters. The van der Waals surface area contributed by atoms with Crippen molar-refractivity contribution < 1.29 is 23.1 Å². The van der Waals surface area contributed by atoms with Crippen LogP contribution in [0.1, 0.15) is 18.1 Å². The summed E-state index contributed by atoms with van der Waals surface area (Å²) < 4.78 is 37.2. The monoisotopic (exact) mass is 304 g/mol. The Morgan fingerprint density at radius 2 is 1.90 bits per heavy atom. The lowest BCUT2D eigenvalue weighted by Gasteiger charge is -2.19. The van der Waals surface area contributed by atoms with Crippen molar-refractivity contribution in [3.05, 3.63) is 35.4 Å². The summed E-state index contributed by atoms with van der Waals surface area (Å²) in [5.41, 5.74) is 0.0217. The summed E-state index contributed by atoms with van der Waals surface area (Å²) in [6.45, 7) is 2.10. The van der Waals surface area contributed by atoms with Crippen LogP contribution in [0.5, 0.6) is 0 Å². The lowest BCUT2D eigenvalue weighted by atomic mass is 10.1. The molecule has 0 aliphatic carbocycles. The number of carbonyl (C=O) groups is 1. The van der Waals surface area contributed by atoms with Gasteiger partial charge in [-0.2, -0.15) is 13.2 Å². The maximum absolute atomic E-state index is 12.4. The van der Waals surface area contributed by atoms with E-state index in [1.807, 2.05) is 0 Å². The van der Waals surface area contributed by atoms with Gasteiger partial charge in [0.15, 0.2) is 0 Å². The Morgan fingerprint density at radius 3 is 2.38 bits per heavy atom. The SMILES string of the molecule is CC(O)CN(C)C(=O)NCCc1ccc(C(F)(F)F)cc1. The van der Waals surface area contributed by atoms with Crippen molar-refractivity contribution in [2.75, 3.05) is 20.1 Å². The number of nitrogens with one attached hydrogen (secondary N) is 1. The largest absolute Gasteiger partial charge is 0.416 e. The average Bonchev–Trinajstić information content (AvgIpc) is 2.37. The van der Waals surface area contributed by atoms with Gasteiger partial charge in [0.1, 0.15) is 0 Å². The summed E-state index contributed by atoms with van der Waals surface area (Å²) in [4.78, 5) is 13.0. The fourth-order valence-corrected chi connectivity index (χ4v) is 1.79. The van der Waals surface area contributed by atoms with Gasteiger partial charge in [-0.05, 0) is 31.0 Å². The van der Waals surface area contributed by atoms with Crippen LogP contribution < -0.4 is 5.32 Å². The Balaban J connectivity index is 2.41. The number of rotatable bonds is 5. The maximum atomic E-state index is 12.4. The molecule has 0 bridgehead atoms. The summed E-state index contributed by atoms with van der Waals surface area (Å²) in [7, 11) is 1.56. The minimum atomic E-state index is -4.34. The molecule has 0 aliphatic heterocycles. The van der Waals surface area contributed by atoms with Gasteiger partial charge in [-0.3, -0.25) is 0 Å². The van der Waals surface area contributed by atoms with Gasteiger partial charge in [-0.25, -0.2) is 4.79 Å². The zero-order chi connectivity index (χ0) is 16.0. The Morgan fingerprint density at radius 1 is 1.33 bits per heavy atom. The number of urea groups is 1. The molecule has 2 N–H and O–H groups in total. The predicted octanol–water partition coefficient (Wildman–Crippen LogP) is 2.27. The highest BCUT2D eigenvalue weighted by Gasteiger charge is 2.29. The fourth-order valence-electron chi connectivity index (χ4n) is 1.79. The van der Waals surface area contributed by atoms with E-state index < -0.39 is 17.8 Å². The van der Waals surface area contributed by atoms with Gasteiger partial charge in [-0.1, -0.05) is 12.1 Å². The minimum Gasteiger partial charge on any atom is -0.392 e. The Labute approximate surface area is 121 Å². The number of hydrogen-bond acceptors (Lipinski definition) is 2. The van der Waals surface area contributed by atoms with Crippen LogP contribution in [0.25, 0.3) is 0 Å². The second kappa shape index (κ2) is 7.31. The second-order valence-corrected chi connectivity index (χ2v) is 4.91. The van der Waals surface area contributed by atoms with E-state index in [4.69, 9.17) is 5.11 Å². The third-order valence-electron chi connectivity index (χ3n) is 2.86. The van der Waals surface area contributed by atoms with Crippen LogP contribution in [0.4, 0.5) is 18.0 Å². The number of amides is 2. The van der Waals surface area contributed by atoms with Gasteiger partial charge in [0, 0.05) is 20.1 Å². The van der Waals surface area contributed by atoms with Crippen molar-refractivity contribution in [1.29, 1.82) is 0 Å². The molecule has 118 valence electrons. The van der Waals surface area contributed by atoms with E-state index in [1.54, 1.807) is 14.0 Å². The van der Waals surface area contributed by atoms with E-state index in [2.05, 4.69) is 5.32 Å². The smallest absolute Gasteiger partial charge is 0.392 e. The number of aliphatic hydroxyl groups is 1. The summed E-state index contributed by atoms with van der Waals surface area (Å²) in [6.07, 6.45) is -4.52. The van der Waals surface area contributed by atoms with Gasteiger partial charge >= 0.3 is 12.2 Å². The number of likely N-dealkylation sites (N-methyl/N-ethyl adjacent to an activating group) is 1. The maximum Gasteiger partial charge on any atom is 0.416 e. The minimum absolute atomic E-state index is 0.214. The van der Waals surface area contributed by atoms with Crippen LogP contribution >= 0.6 is 0 Å². The first-order chi connectivity index (χ1) is 9.70. The number of nitrogens with zero attached hydrogens (tertiary/aromatic N) is 1.